The van der Waals surface area contributed by atoms with Gasteiger partial charge >= 0.3 is 5.97 Å². The van der Waals surface area contributed by atoms with Crippen molar-refractivity contribution in [3.05, 3.63) is 17.6 Å². The molecule has 1 aromatic heterocycles. The zero-order valence-corrected chi connectivity index (χ0v) is 13.5. The van der Waals surface area contributed by atoms with Gasteiger partial charge in [-0.2, -0.15) is 0 Å². The summed E-state index contributed by atoms with van der Waals surface area (Å²) in [6, 6.07) is 1.34. The van der Waals surface area contributed by atoms with Crippen LogP contribution >= 0.6 is 12.4 Å². The van der Waals surface area contributed by atoms with E-state index in [9.17, 15) is 13.2 Å². The van der Waals surface area contributed by atoms with E-state index in [-0.39, 0.29) is 34.9 Å². The van der Waals surface area contributed by atoms with Gasteiger partial charge in [-0.15, -0.1) is 12.4 Å². The van der Waals surface area contributed by atoms with Gasteiger partial charge in [0.1, 0.15) is 10.7 Å². The number of sulfonamides is 1. The lowest BCUT2D eigenvalue weighted by molar-refractivity contribution is 0.0563. The first-order chi connectivity index (χ1) is 9.44. The van der Waals surface area contributed by atoms with Crippen molar-refractivity contribution in [2.24, 2.45) is 0 Å². The summed E-state index contributed by atoms with van der Waals surface area (Å²) in [4.78, 5) is 11.3. The van der Waals surface area contributed by atoms with E-state index in [1.54, 1.807) is 0 Å². The van der Waals surface area contributed by atoms with E-state index in [1.807, 2.05) is 0 Å². The molecule has 2 rings (SSSR count). The predicted octanol–water partition coefficient (Wildman–Crippen LogP) is 0.827. The zero-order valence-electron chi connectivity index (χ0n) is 11.8. The predicted molar refractivity (Wildman–Crippen MR) is 78.2 cm³/mol. The number of carbonyl (C=O) groups is 1. The summed E-state index contributed by atoms with van der Waals surface area (Å²) in [5, 5.41) is 3.20. The highest BCUT2D eigenvalue weighted by Crippen LogP contribution is 2.20. The van der Waals surface area contributed by atoms with Crippen LogP contribution in [0, 0.1) is 6.92 Å². The minimum Gasteiger partial charge on any atom is -0.463 e. The normalized spacial score (nSPS) is 18.3. The Labute approximate surface area is 129 Å². The second kappa shape index (κ2) is 7.26. The third-order valence-corrected chi connectivity index (χ3v) is 4.76. The summed E-state index contributed by atoms with van der Waals surface area (Å²) in [5.74, 6) is -0.659. The number of esters is 1. The molecule has 2 N–H and O–H groups in total. The molecule has 1 aliphatic heterocycles. The number of aryl methyl sites for hydroxylation is 1. The number of hydrogen-bond acceptors (Lipinski definition) is 6. The van der Waals surface area contributed by atoms with E-state index in [1.165, 1.54) is 20.1 Å². The molecule has 0 saturated carbocycles. The molecular weight excluding hydrogens is 320 g/mol. The third kappa shape index (κ3) is 4.19. The fourth-order valence-corrected chi connectivity index (χ4v) is 3.41. The van der Waals surface area contributed by atoms with Crippen LogP contribution in [0.3, 0.4) is 0 Å². The van der Waals surface area contributed by atoms with E-state index >= 15 is 0 Å². The van der Waals surface area contributed by atoms with Gasteiger partial charge in [0.25, 0.3) is 0 Å². The van der Waals surface area contributed by atoms with Crippen molar-refractivity contribution in [1.29, 1.82) is 0 Å². The van der Waals surface area contributed by atoms with Crippen molar-refractivity contribution >= 4 is 28.4 Å². The van der Waals surface area contributed by atoms with Crippen LogP contribution in [-0.4, -0.2) is 40.6 Å². The zero-order chi connectivity index (χ0) is 14.8. The average Bonchev–Trinajstić information content (AvgIpc) is 3.05. The van der Waals surface area contributed by atoms with Crippen molar-refractivity contribution in [2.75, 3.05) is 20.2 Å². The summed E-state index contributed by atoms with van der Waals surface area (Å²) in [7, 11) is -2.48. The second-order valence-electron chi connectivity index (χ2n) is 4.67. The molecule has 7 nitrogen and oxygen atoms in total. The number of nitrogens with one attached hydrogen (secondary N) is 2. The SMILES string of the molecule is COC(=O)c1cc(S(=O)(=O)NCC2CCCN2)c(C)o1.Cl. The van der Waals surface area contributed by atoms with Crippen LogP contribution in [0.2, 0.25) is 0 Å². The lowest BCUT2D eigenvalue weighted by atomic mass is 10.2. The fourth-order valence-electron chi connectivity index (χ4n) is 2.15. The Kier molecular flexibility index (Phi) is 6.21. The smallest absolute Gasteiger partial charge is 0.373 e. The Hall–Kier alpha value is -1.09. The van der Waals surface area contributed by atoms with Gasteiger partial charge in [-0.3, -0.25) is 0 Å². The lowest BCUT2D eigenvalue weighted by Gasteiger charge is -2.11. The number of hydrogen-bond donors (Lipinski definition) is 2. The van der Waals surface area contributed by atoms with Gasteiger partial charge in [0.2, 0.25) is 15.8 Å². The number of furan rings is 1. The van der Waals surface area contributed by atoms with Crippen LogP contribution in [0.25, 0.3) is 0 Å². The van der Waals surface area contributed by atoms with Crippen LogP contribution in [0.5, 0.6) is 0 Å². The molecule has 9 heteroatoms. The minimum absolute atomic E-state index is 0. The maximum Gasteiger partial charge on any atom is 0.373 e. The molecule has 1 fully saturated rings. The number of halogens is 1. The molecule has 0 amide bonds. The topological polar surface area (TPSA) is 97.6 Å². The van der Waals surface area contributed by atoms with Crippen molar-refractivity contribution in [3.8, 4) is 0 Å². The summed E-state index contributed by atoms with van der Waals surface area (Å²) in [6.07, 6.45) is 1.99. The van der Waals surface area contributed by atoms with Gasteiger partial charge in [-0.05, 0) is 26.3 Å². The fraction of sp³-hybridized carbons (Fsp3) is 0.583. The van der Waals surface area contributed by atoms with Gasteiger partial charge in [0.15, 0.2) is 0 Å². The molecule has 1 aliphatic rings. The monoisotopic (exact) mass is 338 g/mol. The van der Waals surface area contributed by atoms with E-state index in [2.05, 4.69) is 14.8 Å². The maximum absolute atomic E-state index is 12.2. The van der Waals surface area contributed by atoms with Crippen LogP contribution in [0.4, 0.5) is 0 Å². The molecule has 1 unspecified atom stereocenters. The highest BCUT2D eigenvalue weighted by Gasteiger charge is 2.25. The molecule has 0 bridgehead atoms. The van der Waals surface area contributed by atoms with Crippen LogP contribution in [0.1, 0.15) is 29.2 Å². The van der Waals surface area contributed by atoms with Crippen molar-refractivity contribution < 1.29 is 22.4 Å². The first kappa shape index (κ1) is 18.0. The Balaban J connectivity index is 0.00000220. The number of carbonyl (C=O) groups excluding carboxylic acids is 1. The van der Waals surface area contributed by atoms with Crippen LogP contribution < -0.4 is 10.0 Å². The summed E-state index contributed by atoms with van der Waals surface area (Å²) in [5.41, 5.74) is 0. The Morgan fingerprint density at radius 2 is 2.29 bits per heavy atom. The van der Waals surface area contributed by atoms with Crippen LogP contribution in [0.15, 0.2) is 15.4 Å². The van der Waals surface area contributed by atoms with Crippen LogP contribution in [-0.2, 0) is 14.8 Å². The van der Waals surface area contributed by atoms with E-state index in [4.69, 9.17) is 4.42 Å². The van der Waals surface area contributed by atoms with Gasteiger partial charge in [0.05, 0.1) is 7.11 Å². The second-order valence-corrected chi connectivity index (χ2v) is 6.40. The molecule has 0 aliphatic carbocycles. The molecule has 1 atom stereocenters. The first-order valence-corrected chi connectivity index (χ1v) is 7.84. The highest BCUT2D eigenvalue weighted by atomic mass is 35.5. The van der Waals surface area contributed by atoms with Gasteiger partial charge < -0.3 is 14.5 Å². The molecule has 120 valence electrons. The standard InChI is InChI=1S/C12H18N2O5S.ClH/c1-8-11(6-10(19-8)12(15)18-2)20(16,17)14-7-9-4-3-5-13-9;/h6,9,13-14H,3-5,7H2,1-2H3;1H. The van der Waals surface area contributed by atoms with Crippen molar-refractivity contribution in [2.45, 2.75) is 30.7 Å². The molecular formula is C12H19ClN2O5S. The highest BCUT2D eigenvalue weighted by molar-refractivity contribution is 7.89. The number of methoxy groups -OCH3 is 1. The maximum atomic E-state index is 12.2. The lowest BCUT2D eigenvalue weighted by Crippen LogP contribution is -2.37. The van der Waals surface area contributed by atoms with E-state index in [0.717, 1.165) is 19.4 Å². The quantitative estimate of drug-likeness (QED) is 0.772. The van der Waals surface area contributed by atoms with E-state index < -0.39 is 16.0 Å². The molecule has 1 aromatic rings. The number of ether oxygens (including phenoxy) is 1. The molecule has 0 aromatic carbocycles. The average molecular weight is 339 g/mol. The van der Waals surface area contributed by atoms with Crippen molar-refractivity contribution in [3.63, 3.8) is 0 Å². The first-order valence-electron chi connectivity index (χ1n) is 6.36. The number of rotatable bonds is 5. The third-order valence-electron chi connectivity index (χ3n) is 3.23. The Morgan fingerprint density at radius 1 is 1.57 bits per heavy atom. The van der Waals surface area contributed by atoms with E-state index in [0.29, 0.717) is 6.54 Å². The molecule has 21 heavy (non-hydrogen) atoms. The minimum atomic E-state index is -3.69. The Morgan fingerprint density at radius 3 is 2.86 bits per heavy atom. The van der Waals surface area contributed by atoms with Gasteiger partial charge in [-0.1, -0.05) is 0 Å². The van der Waals surface area contributed by atoms with Crippen molar-refractivity contribution in [1.82, 2.24) is 10.0 Å². The summed E-state index contributed by atoms with van der Waals surface area (Å²) < 4.78 is 36.5. The largest absolute Gasteiger partial charge is 0.463 e. The molecule has 0 radical (unpaired) electrons. The van der Waals surface area contributed by atoms with Gasteiger partial charge in [-0.25, -0.2) is 17.9 Å². The molecule has 1 saturated heterocycles. The molecule has 2 heterocycles. The summed E-state index contributed by atoms with van der Waals surface area (Å²) >= 11 is 0. The molecule has 0 spiro atoms. The Bertz CT molecular complexity index is 593. The summed E-state index contributed by atoms with van der Waals surface area (Å²) in [6.45, 7) is 2.72. The van der Waals surface area contributed by atoms with Gasteiger partial charge in [0, 0.05) is 18.7 Å².